The smallest absolute Gasteiger partial charge is 0.306 e. The van der Waals surface area contributed by atoms with E-state index in [0.29, 0.717) is 71.2 Å². The molecule has 6 N–H and O–H groups in total. The molecule has 0 spiro atoms. The van der Waals surface area contributed by atoms with Gasteiger partial charge in [0.25, 0.3) is 0 Å². The van der Waals surface area contributed by atoms with Crippen LogP contribution >= 0.6 is 0 Å². The van der Waals surface area contributed by atoms with Gasteiger partial charge in [0.15, 0.2) is 0 Å². The van der Waals surface area contributed by atoms with Crippen molar-refractivity contribution in [3.05, 3.63) is 0 Å². The molecule has 53 heavy (non-hydrogen) atoms. The predicted molar refractivity (Wildman–Crippen MR) is 203 cm³/mol. The topological polar surface area (TPSA) is 183 Å². The zero-order valence-electron chi connectivity index (χ0n) is 33.8. The Labute approximate surface area is 318 Å². The number of carbonyl (C=O) groups excluding carboxylic acids is 4. The van der Waals surface area contributed by atoms with Crippen molar-refractivity contribution in [1.82, 2.24) is 0 Å². The molecule has 12 heteroatoms. The molecule has 12 nitrogen and oxygen atoms in total. The Kier molecular flexibility index (Phi) is 15.6. The Morgan fingerprint density at radius 3 is 1.94 bits per heavy atom. The van der Waals surface area contributed by atoms with Crippen LogP contribution in [0.1, 0.15) is 117 Å². The molecule has 4 aliphatic carbocycles. The van der Waals surface area contributed by atoms with Gasteiger partial charge in [-0.15, -0.1) is 0 Å². The highest BCUT2D eigenvalue weighted by Crippen LogP contribution is 2.69. The van der Waals surface area contributed by atoms with Gasteiger partial charge in [-0.3, -0.25) is 19.2 Å². The number of rotatable bonds is 19. The van der Waals surface area contributed by atoms with Gasteiger partial charge >= 0.3 is 23.9 Å². The summed E-state index contributed by atoms with van der Waals surface area (Å²) in [5.41, 5.74) is 16.7. The minimum Gasteiger partial charge on any atom is -0.462 e. The van der Waals surface area contributed by atoms with Crippen molar-refractivity contribution >= 4 is 23.9 Å². The van der Waals surface area contributed by atoms with Crippen molar-refractivity contribution in [2.24, 2.45) is 63.5 Å². The van der Waals surface area contributed by atoms with Crippen LogP contribution in [-0.2, 0) is 38.1 Å². The van der Waals surface area contributed by atoms with Crippen LogP contribution in [0, 0.1) is 46.3 Å². The molecule has 0 saturated heterocycles. The summed E-state index contributed by atoms with van der Waals surface area (Å²) in [7, 11) is 6.23. The first kappa shape index (κ1) is 43.4. The molecule has 304 valence electrons. The van der Waals surface area contributed by atoms with Crippen LogP contribution in [0.4, 0.5) is 0 Å². The van der Waals surface area contributed by atoms with Crippen molar-refractivity contribution < 1.29 is 42.6 Å². The SMILES string of the molecule is C[C@H](CCC(=O)OCC[N+](C)(C)C)[C@H]1CC[C@H]2[C@@H]3[C@H](OC(=O)CCCN)CC4C[C@H](OC(=O)CCCN)CC[C@]4(C)[C@H]3C[C@H](OC(=O)CCCN)[C@]12C. The monoisotopic (exact) mass is 750 g/mol. The molecule has 11 atom stereocenters. The lowest BCUT2D eigenvalue weighted by Crippen LogP contribution is -2.63. The van der Waals surface area contributed by atoms with Gasteiger partial charge in [-0.1, -0.05) is 20.8 Å². The first-order valence-electron chi connectivity index (χ1n) is 20.7. The first-order valence-corrected chi connectivity index (χ1v) is 20.7. The Morgan fingerprint density at radius 2 is 1.34 bits per heavy atom. The molecular formula is C41H73N4O8+. The van der Waals surface area contributed by atoms with E-state index in [4.69, 9.17) is 36.1 Å². The number of carbonyl (C=O) groups is 4. The standard InChI is InChI=1S/C41H73N4O8/c1-27(13-16-35(46)50-23-22-45(4,5)6)30-14-15-31-39-32(26-34(41(30,31)3)53-38(49)12-9-21-44)40(2)18-17-29(51-36(47)10-7-19-42)24-28(40)25-33(39)52-37(48)11-8-20-43/h27-34,39H,7-26,42-44H2,1-6H3/q+1/t27-,28?,29-,30-,31+,32+,33-,34+,39+,40+,41-/m1/s1. The van der Waals surface area contributed by atoms with E-state index in [-0.39, 0.29) is 101 Å². The third-order valence-electron chi connectivity index (χ3n) is 13.9. The molecule has 0 aromatic heterocycles. The summed E-state index contributed by atoms with van der Waals surface area (Å²) in [5, 5.41) is 0. The van der Waals surface area contributed by atoms with E-state index in [1.54, 1.807) is 0 Å². The Morgan fingerprint density at radius 1 is 0.736 bits per heavy atom. The second-order valence-electron chi connectivity index (χ2n) is 18.3. The number of fused-ring (bicyclic) bond motifs is 5. The number of hydrogen-bond acceptors (Lipinski definition) is 11. The summed E-state index contributed by atoms with van der Waals surface area (Å²) in [5.74, 6) is 0.187. The number of nitrogens with two attached hydrogens (primary N) is 3. The van der Waals surface area contributed by atoms with Gasteiger partial charge in [-0.2, -0.15) is 0 Å². The van der Waals surface area contributed by atoms with E-state index in [1.807, 2.05) is 0 Å². The van der Waals surface area contributed by atoms with Crippen LogP contribution < -0.4 is 17.2 Å². The Balaban J connectivity index is 1.63. The molecule has 0 bridgehead atoms. The molecule has 4 saturated carbocycles. The summed E-state index contributed by atoms with van der Waals surface area (Å²) in [6.45, 7) is 9.35. The molecule has 4 fully saturated rings. The Hall–Kier alpha value is -2.28. The minimum absolute atomic E-state index is 0.100. The summed E-state index contributed by atoms with van der Waals surface area (Å²) in [4.78, 5) is 52.3. The maximum absolute atomic E-state index is 13.4. The second-order valence-corrected chi connectivity index (χ2v) is 18.3. The first-order chi connectivity index (χ1) is 25.1. The highest BCUT2D eigenvalue weighted by Gasteiger charge is 2.67. The fourth-order valence-electron chi connectivity index (χ4n) is 10.9. The van der Waals surface area contributed by atoms with Crippen molar-refractivity contribution in [1.29, 1.82) is 0 Å². The normalized spacial score (nSPS) is 34.2. The highest BCUT2D eigenvalue weighted by atomic mass is 16.6. The van der Waals surface area contributed by atoms with Crippen molar-refractivity contribution in [3.63, 3.8) is 0 Å². The van der Waals surface area contributed by atoms with E-state index < -0.39 is 0 Å². The fraction of sp³-hybridized carbons (Fsp3) is 0.902. The summed E-state index contributed by atoms with van der Waals surface area (Å²) < 4.78 is 25.4. The van der Waals surface area contributed by atoms with Crippen LogP contribution in [0.25, 0.3) is 0 Å². The van der Waals surface area contributed by atoms with Crippen LogP contribution in [0.3, 0.4) is 0 Å². The molecule has 0 aromatic rings. The van der Waals surface area contributed by atoms with E-state index in [0.717, 1.165) is 49.6 Å². The summed E-state index contributed by atoms with van der Waals surface area (Å²) >= 11 is 0. The number of hydrogen-bond donors (Lipinski definition) is 3. The largest absolute Gasteiger partial charge is 0.462 e. The molecule has 1 unspecified atom stereocenters. The third kappa shape index (κ3) is 10.7. The lowest BCUT2D eigenvalue weighted by Gasteiger charge is -2.64. The number of esters is 4. The average Bonchev–Trinajstić information content (AvgIpc) is 3.46. The molecular weight excluding hydrogens is 676 g/mol. The van der Waals surface area contributed by atoms with Gasteiger partial charge in [0.05, 0.1) is 21.1 Å². The second kappa shape index (κ2) is 19.0. The molecule has 0 heterocycles. The molecule has 0 amide bonds. The number of ether oxygens (including phenoxy) is 4. The van der Waals surface area contributed by atoms with Crippen molar-refractivity contribution in [3.8, 4) is 0 Å². The number of likely N-dealkylation sites (N-methyl/N-ethyl adjacent to an activating group) is 1. The highest BCUT2D eigenvalue weighted by molar-refractivity contribution is 5.70. The van der Waals surface area contributed by atoms with Gasteiger partial charge in [0, 0.05) is 37.0 Å². The molecule has 0 aromatic carbocycles. The van der Waals surface area contributed by atoms with Crippen molar-refractivity contribution in [2.75, 3.05) is 53.9 Å². The minimum atomic E-state index is -0.368. The van der Waals surface area contributed by atoms with Gasteiger partial charge in [0.1, 0.15) is 31.5 Å². The molecule has 0 aliphatic heterocycles. The summed E-state index contributed by atoms with van der Waals surface area (Å²) in [6.07, 6.45) is 8.54. The van der Waals surface area contributed by atoms with E-state index in [9.17, 15) is 19.2 Å². The average molecular weight is 750 g/mol. The zero-order chi connectivity index (χ0) is 39.0. The van der Waals surface area contributed by atoms with Gasteiger partial charge in [-0.05, 0) is 125 Å². The van der Waals surface area contributed by atoms with Crippen LogP contribution in [0.2, 0.25) is 0 Å². The maximum Gasteiger partial charge on any atom is 0.306 e. The van der Waals surface area contributed by atoms with E-state index in [1.165, 1.54) is 0 Å². The predicted octanol–water partition coefficient (Wildman–Crippen LogP) is 4.48. The van der Waals surface area contributed by atoms with Gasteiger partial charge in [0.2, 0.25) is 0 Å². The van der Waals surface area contributed by atoms with Gasteiger partial charge in [-0.25, -0.2) is 0 Å². The van der Waals surface area contributed by atoms with Crippen LogP contribution in [0.15, 0.2) is 0 Å². The van der Waals surface area contributed by atoms with E-state index in [2.05, 4.69) is 41.9 Å². The lowest BCUT2D eigenvalue weighted by molar-refractivity contribution is -0.870. The third-order valence-corrected chi connectivity index (χ3v) is 13.9. The molecule has 4 rings (SSSR count). The number of nitrogens with zero attached hydrogens (tertiary/aromatic N) is 1. The lowest BCUT2D eigenvalue weighted by atomic mass is 9.43. The van der Waals surface area contributed by atoms with E-state index >= 15 is 0 Å². The number of quaternary nitrogens is 1. The fourth-order valence-corrected chi connectivity index (χ4v) is 10.9. The Bertz CT molecular complexity index is 1240. The molecule has 0 radical (unpaired) electrons. The van der Waals surface area contributed by atoms with Gasteiger partial charge < -0.3 is 40.6 Å². The summed E-state index contributed by atoms with van der Waals surface area (Å²) in [6, 6.07) is 0. The van der Waals surface area contributed by atoms with Crippen LogP contribution in [-0.4, -0.2) is 101 Å². The van der Waals surface area contributed by atoms with Crippen LogP contribution in [0.5, 0.6) is 0 Å². The maximum atomic E-state index is 13.4. The molecule has 4 aliphatic rings. The van der Waals surface area contributed by atoms with Crippen molar-refractivity contribution in [2.45, 2.75) is 135 Å². The quantitative estimate of drug-likeness (QED) is 0.0962. The zero-order valence-corrected chi connectivity index (χ0v) is 33.8.